The lowest BCUT2D eigenvalue weighted by atomic mass is 10.1. The molecular formula is C37H36N6O5S. The first-order valence-electron chi connectivity index (χ1n) is 16.3. The fourth-order valence-corrected chi connectivity index (χ4v) is 7.04. The lowest BCUT2D eigenvalue weighted by molar-refractivity contribution is -0.120. The molecule has 0 radical (unpaired) electrons. The van der Waals surface area contributed by atoms with Crippen molar-refractivity contribution in [3.05, 3.63) is 118 Å². The topological polar surface area (TPSA) is 119 Å². The van der Waals surface area contributed by atoms with Crippen LogP contribution >= 0.6 is 11.8 Å². The molecule has 0 aliphatic carbocycles. The highest BCUT2D eigenvalue weighted by Crippen LogP contribution is 2.35. The number of carbonyl (C=O) groups excluding carboxylic acids is 2. The molecule has 1 atom stereocenters. The number of thioether (sulfide) groups is 1. The maximum atomic E-state index is 14.1. The van der Waals surface area contributed by atoms with E-state index in [0.717, 1.165) is 29.9 Å². The summed E-state index contributed by atoms with van der Waals surface area (Å²) in [5, 5.41) is 3.30. The van der Waals surface area contributed by atoms with Gasteiger partial charge < -0.3 is 24.6 Å². The van der Waals surface area contributed by atoms with E-state index in [1.165, 1.54) is 11.8 Å². The van der Waals surface area contributed by atoms with Gasteiger partial charge in [-0.3, -0.25) is 23.9 Å². The van der Waals surface area contributed by atoms with Crippen molar-refractivity contribution in [2.75, 3.05) is 37.9 Å². The molecule has 1 N–H and O–H groups in total. The molecule has 2 aliphatic rings. The average molecular weight is 677 g/mol. The quantitative estimate of drug-likeness (QED) is 0.166. The highest BCUT2D eigenvalue weighted by Gasteiger charge is 2.25. The van der Waals surface area contributed by atoms with Crippen LogP contribution in [0.3, 0.4) is 0 Å². The molecule has 4 heterocycles. The number of piperazine rings is 1. The second-order valence-electron chi connectivity index (χ2n) is 11.9. The van der Waals surface area contributed by atoms with Crippen molar-refractivity contribution in [2.24, 2.45) is 0 Å². The summed E-state index contributed by atoms with van der Waals surface area (Å²) in [6.07, 6.45) is 3.92. The first-order chi connectivity index (χ1) is 24.0. The molecule has 0 bridgehead atoms. The number of rotatable bonds is 10. The molecule has 2 aliphatic heterocycles. The van der Waals surface area contributed by atoms with Gasteiger partial charge in [-0.2, -0.15) is 0 Å². The minimum Gasteiger partial charge on any atom is -0.454 e. The molecule has 0 unspecified atom stereocenters. The zero-order valence-electron chi connectivity index (χ0n) is 27.1. The Morgan fingerprint density at radius 3 is 2.39 bits per heavy atom. The van der Waals surface area contributed by atoms with Gasteiger partial charge in [0, 0.05) is 62.4 Å². The third-order valence-electron chi connectivity index (χ3n) is 8.74. The monoisotopic (exact) mass is 676 g/mol. The fourth-order valence-electron chi connectivity index (χ4n) is 6.00. The number of hydrogen-bond donors (Lipinski definition) is 1. The molecule has 1 saturated heterocycles. The minimum absolute atomic E-state index is 0.0146. The molecule has 3 aromatic carbocycles. The van der Waals surface area contributed by atoms with Crippen molar-refractivity contribution in [3.63, 3.8) is 0 Å². The predicted octanol–water partition coefficient (Wildman–Crippen LogP) is 4.72. The fraction of sp³-hybridized carbons (Fsp3) is 0.270. The van der Waals surface area contributed by atoms with E-state index < -0.39 is 5.25 Å². The van der Waals surface area contributed by atoms with Crippen molar-refractivity contribution in [3.8, 4) is 11.5 Å². The first-order valence-corrected chi connectivity index (χ1v) is 17.2. The molecule has 0 spiro atoms. The molecule has 2 aromatic heterocycles. The number of aromatic nitrogens is 3. The summed E-state index contributed by atoms with van der Waals surface area (Å²) < 4.78 is 12.7. The Bertz CT molecular complexity index is 2020. The Kier molecular flexibility index (Phi) is 9.47. The van der Waals surface area contributed by atoms with Gasteiger partial charge in [0.25, 0.3) is 11.5 Å². The van der Waals surface area contributed by atoms with Gasteiger partial charge in [0.05, 0.1) is 22.7 Å². The summed E-state index contributed by atoms with van der Waals surface area (Å²) >= 11 is 1.25. The van der Waals surface area contributed by atoms with E-state index in [0.29, 0.717) is 59.2 Å². The van der Waals surface area contributed by atoms with E-state index >= 15 is 0 Å². The molecule has 12 heteroatoms. The number of amides is 2. The Hall–Kier alpha value is -5.36. The molecule has 7 rings (SSSR count). The number of nitrogens with zero attached hydrogens (tertiary/aromatic N) is 5. The van der Waals surface area contributed by atoms with Crippen molar-refractivity contribution in [1.29, 1.82) is 0 Å². The van der Waals surface area contributed by atoms with Crippen LogP contribution in [0.5, 0.6) is 11.5 Å². The maximum absolute atomic E-state index is 14.1. The number of anilines is 1. The number of hydrogen-bond acceptors (Lipinski definition) is 9. The largest absolute Gasteiger partial charge is 0.454 e. The second-order valence-corrected chi connectivity index (χ2v) is 13.1. The summed E-state index contributed by atoms with van der Waals surface area (Å²) in [6.45, 7) is 5.38. The lowest BCUT2D eigenvalue weighted by Crippen LogP contribution is -2.48. The summed E-state index contributed by atoms with van der Waals surface area (Å²) in [5.41, 5.74) is 3.68. The highest BCUT2D eigenvalue weighted by molar-refractivity contribution is 8.00. The van der Waals surface area contributed by atoms with Gasteiger partial charge in [-0.05, 0) is 53.9 Å². The number of carbonyl (C=O) groups is 2. The van der Waals surface area contributed by atoms with E-state index in [9.17, 15) is 14.4 Å². The first kappa shape index (κ1) is 32.2. The van der Waals surface area contributed by atoms with Gasteiger partial charge in [-0.15, -0.1) is 0 Å². The number of pyridine rings is 1. The Morgan fingerprint density at radius 1 is 0.918 bits per heavy atom. The van der Waals surface area contributed by atoms with Crippen LogP contribution in [0.15, 0.2) is 101 Å². The number of para-hydroxylation sites is 1. The standard InChI is InChI=1S/C37H36N6O5S/c1-2-33(34(44)39-22-26-7-6-14-38-21-26)49-37-40-30-20-32-31(47-24-48-32)19-29(30)36(46)43(37)23-25-10-12-27(13-11-25)35(45)42-17-15-41(16-18-42)28-8-4-3-5-9-28/h3-14,19-21,33H,2,15-18,22-24H2,1H3,(H,39,44)/t33-/m1/s1. The van der Waals surface area contributed by atoms with Gasteiger partial charge in [0.1, 0.15) is 0 Å². The third kappa shape index (κ3) is 7.09. The average Bonchev–Trinajstić information content (AvgIpc) is 3.62. The van der Waals surface area contributed by atoms with Crippen molar-refractivity contribution in [2.45, 2.75) is 36.8 Å². The van der Waals surface area contributed by atoms with Gasteiger partial charge in [0.2, 0.25) is 12.7 Å². The Balaban J connectivity index is 1.11. The highest BCUT2D eigenvalue weighted by atomic mass is 32.2. The number of fused-ring (bicyclic) bond motifs is 2. The molecular weight excluding hydrogens is 641 g/mol. The van der Waals surface area contributed by atoms with E-state index in [-0.39, 0.29) is 30.7 Å². The maximum Gasteiger partial charge on any atom is 0.262 e. The minimum atomic E-state index is -0.497. The van der Waals surface area contributed by atoms with Crippen LogP contribution in [0.25, 0.3) is 10.9 Å². The van der Waals surface area contributed by atoms with Crippen molar-refractivity contribution >= 4 is 40.2 Å². The van der Waals surface area contributed by atoms with E-state index in [1.807, 2.05) is 66.4 Å². The molecule has 1 fully saturated rings. The van der Waals surface area contributed by atoms with E-state index in [1.54, 1.807) is 29.1 Å². The number of nitrogens with one attached hydrogen (secondary N) is 1. The molecule has 5 aromatic rings. The van der Waals surface area contributed by atoms with Gasteiger partial charge in [0.15, 0.2) is 16.7 Å². The van der Waals surface area contributed by atoms with Crippen LogP contribution in [0, 0.1) is 0 Å². The van der Waals surface area contributed by atoms with Gasteiger partial charge in [-0.25, -0.2) is 4.98 Å². The van der Waals surface area contributed by atoms with Crippen LogP contribution in [-0.4, -0.2) is 69.5 Å². The lowest BCUT2D eigenvalue weighted by Gasteiger charge is -2.36. The predicted molar refractivity (Wildman–Crippen MR) is 188 cm³/mol. The van der Waals surface area contributed by atoms with Crippen molar-refractivity contribution < 1.29 is 19.1 Å². The normalized spacial score (nSPS) is 14.6. The Labute approximate surface area is 287 Å². The summed E-state index contributed by atoms with van der Waals surface area (Å²) in [7, 11) is 0. The molecule has 2 amide bonds. The zero-order chi connectivity index (χ0) is 33.7. The summed E-state index contributed by atoms with van der Waals surface area (Å²) in [6, 6.07) is 24.7. The molecule has 250 valence electrons. The summed E-state index contributed by atoms with van der Waals surface area (Å²) in [4.78, 5) is 53.9. The van der Waals surface area contributed by atoms with Gasteiger partial charge in [-0.1, -0.05) is 55.1 Å². The van der Waals surface area contributed by atoms with Crippen LogP contribution in [0.4, 0.5) is 5.69 Å². The zero-order valence-corrected chi connectivity index (χ0v) is 27.9. The van der Waals surface area contributed by atoms with Gasteiger partial charge >= 0.3 is 0 Å². The van der Waals surface area contributed by atoms with Crippen LogP contribution < -0.4 is 25.2 Å². The van der Waals surface area contributed by atoms with E-state index in [2.05, 4.69) is 27.3 Å². The second kappa shape index (κ2) is 14.4. The molecule has 49 heavy (non-hydrogen) atoms. The smallest absolute Gasteiger partial charge is 0.262 e. The number of ether oxygens (including phenoxy) is 2. The molecule has 0 saturated carbocycles. The van der Waals surface area contributed by atoms with Crippen LogP contribution in [0.1, 0.15) is 34.8 Å². The van der Waals surface area contributed by atoms with E-state index in [4.69, 9.17) is 14.5 Å². The molecule has 11 nitrogen and oxygen atoms in total. The SMILES string of the molecule is CC[C@@H](Sc1nc2cc3c(cc2c(=O)n1Cc1ccc(C(=O)N2CCN(c4ccccc4)CC2)cc1)OCO3)C(=O)NCc1cccnc1. The van der Waals surface area contributed by atoms with Crippen molar-refractivity contribution in [1.82, 2.24) is 24.8 Å². The number of benzene rings is 3. The van der Waals surface area contributed by atoms with Crippen LogP contribution in [0.2, 0.25) is 0 Å². The Morgan fingerprint density at radius 2 is 1.67 bits per heavy atom. The third-order valence-corrected chi connectivity index (χ3v) is 10.1. The van der Waals surface area contributed by atoms with Crippen LogP contribution in [-0.2, 0) is 17.9 Å². The summed E-state index contributed by atoms with van der Waals surface area (Å²) in [5.74, 6) is 0.845.